The smallest absolute Gasteiger partial charge is 0.550 e. The van der Waals surface area contributed by atoms with Crippen molar-refractivity contribution in [3.63, 3.8) is 0 Å². The zero-order valence-corrected chi connectivity index (χ0v) is 9.41. The molecule has 80 valence electrons. The van der Waals surface area contributed by atoms with Gasteiger partial charge in [0.25, 0.3) is 0 Å². The monoisotopic (exact) mass is 207 g/mol. The number of hydrogen-bond donors (Lipinski definition) is 0. The maximum absolute atomic E-state index is 11.3. The number of aliphatic carboxylic acids is 1. The Morgan fingerprint density at radius 1 is 1.20 bits per heavy atom. The molecule has 6 heteroatoms. The molecular weight excluding hydrogens is 193 g/mol. The van der Waals surface area contributed by atoms with Crippen molar-refractivity contribution in [3.05, 3.63) is 0 Å². The molecule has 0 aliphatic heterocycles. The van der Waals surface area contributed by atoms with Crippen LogP contribution in [0.4, 0.5) is 0 Å². The fourth-order valence-electron chi connectivity index (χ4n) is 1.01. The summed E-state index contributed by atoms with van der Waals surface area (Å²) in [5.74, 6) is -2.02. The van der Waals surface area contributed by atoms with Crippen molar-refractivity contribution in [2.75, 3.05) is 6.54 Å². The molecule has 15 heavy (non-hydrogen) atoms. The summed E-state index contributed by atoms with van der Waals surface area (Å²) in [6.45, 7) is 2.95. The Kier molecular flexibility index (Phi) is 9.44. The Hall–Kier alpha value is -0.793. The number of nitrogens with zero attached hydrogens (tertiary/aromatic N) is 1. The number of carbonyl (C=O) groups is 3. The number of amides is 2. The Morgan fingerprint density at radius 3 is 2.07 bits per heavy atom. The summed E-state index contributed by atoms with van der Waals surface area (Å²) in [6, 6.07) is 0. The predicted octanol–water partition coefficient (Wildman–Crippen LogP) is -3.69. The third-order valence-electron chi connectivity index (χ3n) is 1.68. The molecule has 0 aromatic carbocycles. The summed E-state index contributed by atoms with van der Waals surface area (Å²) in [5.41, 5.74) is 0. The molecule has 0 aliphatic carbocycles. The van der Waals surface area contributed by atoms with E-state index in [2.05, 4.69) is 0 Å². The summed E-state index contributed by atoms with van der Waals surface area (Å²) in [6.07, 6.45) is 0.579. The molecule has 0 radical (unpaired) electrons. The van der Waals surface area contributed by atoms with Crippen LogP contribution in [0.5, 0.6) is 0 Å². The third kappa shape index (κ3) is 7.17. The van der Waals surface area contributed by atoms with E-state index in [1.54, 1.807) is 0 Å². The number of carboxylic acid groups (broad SMARTS) is 1. The Bertz CT molecular complexity index is 242. The fraction of sp³-hybridized carbons (Fsp3) is 0.667. The molecule has 0 rings (SSSR count). The van der Waals surface area contributed by atoms with Crippen LogP contribution in [0.3, 0.4) is 0 Å². The first-order valence-corrected chi connectivity index (χ1v) is 4.49. The van der Waals surface area contributed by atoms with E-state index in [1.165, 1.54) is 6.92 Å². The molecule has 0 atom stereocenters. The Balaban J connectivity index is 0. The quantitative estimate of drug-likeness (QED) is 0.435. The molecule has 0 aliphatic rings. The zero-order valence-electron chi connectivity index (χ0n) is 9.41. The van der Waals surface area contributed by atoms with Gasteiger partial charge in [0.05, 0.1) is 0 Å². The molecule has 0 aromatic heterocycles. The average Bonchev–Trinajstić information content (AvgIpc) is 2.03. The number of carbonyl (C=O) groups excluding carboxylic acids is 3. The SMILES string of the molecule is CCCC(=O)N(CCC(=O)[O-])C(C)=O.[Li+]. The van der Waals surface area contributed by atoms with Gasteiger partial charge >= 0.3 is 18.9 Å². The first kappa shape index (κ1) is 16.6. The van der Waals surface area contributed by atoms with Crippen LogP contribution in [0.1, 0.15) is 33.1 Å². The van der Waals surface area contributed by atoms with Crippen molar-refractivity contribution in [3.8, 4) is 0 Å². The van der Waals surface area contributed by atoms with E-state index in [9.17, 15) is 19.5 Å². The van der Waals surface area contributed by atoms with E-state index in [4.69, 9.17) is 0 Å². The van der Waals surface area contributed by atoms with Gasteiger partial charge in [-0.25, -0.2) is 0 Å². The van der Waals surface area contributed by atoms with Crippen molar-refractivity contribution in [2.24, 2.45) is 0 Å². The molecule has 0 aromatic rings. The summed E-state index contributed by atoms with van der Waals surface area (Å²) < 4.78 is 0. The first-order chi connectivity index (χ1) is 6.49. The molecule has 0 heterocycles. The molecule has 0 spiro atoms. The second kappa shape index (κ2) is 8.51. The van der Waals surface area contributed by atoms with Crippen molar-refractivity contribution < 1.29 is 38.4 Å². The van der Waals surface area contributed by atoms with Crippen LogP contribution in [0.2, 0.25) is 0 Å². The number of rotatable bonds is 5. The van der Waals surface area contributed by atoms with Crippen LogP contribution in [0, 0.1) is 0 Å². The third-order valence-corrected chi connectivity index (χ3v) is 1.68. The minimum atomic E-state index is -1.26. The molecule has 0 saturated carbocycles. The number of imide groups is 1. The topological polar surface area (TPSA) is 77.5 Å². The number of carboxylic acids is 1. The van der Waals surface area contributed by atoms with E-state index < -0.39 is 11.9 Å². The maximum Gasteiger partial charge on any atom is 1.00 e. The summed E-state index contributed by atoms with van der Waals surface area (Å²) in [4.78, 5) is 33.3. The molecule has 5 nitrogen and oxygen atoms in total. The van der Waals surface area contributed by atoms with Gasteiger partial charge in [-0.3, -0.25) is 14.5 Å². The minimum Gasteiger partial charge on any atom is -0.550 e. The summed E-state index contributed by atoms with van der Waals surface area (Å²) in [5, 5.41) is 10.1. The van der Waals surface area contributed by atoms with E-state index in [0.29, 0.717) is 6.42 Å². The van der Waals surface area contributed by atoms with Gasteiger partial charge in [0.2, 0.25) is 11.8 Å². The largest absolute Gasteiger partial charge is 1.00 e. The van der Waals surface area contributed by atoms with Gasteiger partial charge in [0.15, 0.2) is 0 Å². The van der Waals surface area contributed by atoms with Crippen molar-refractivity contribution in [2.45, 2.75) is 33.1 Å². The maximum atomic E-state index is 11.3. The van der Waals surface area contributed by atoms with Crippen LogP contribution in [-0.2, 0) is 14.4 Å². The molecule has 0 saturated heterocycles. The van der Waals surface area contributed by atoms with Gasteiger partial charge in [-0.05, 0) is 6.42 Å². The standard InChI is InChI=1S/C9H15NO4.Li/c1-3-4-8(12)10(7(2)11)6-5-9(13)14;/h3-6H2,1-2H3,(H,13,14);/q;+1/p-1. The molecule has 0 fully saturated rings. The van der Waals surface area contributed by atoms with Gasteiger partial charge in [0, 0.05) is 32.3 Å². The molecule has 0 unspecified atom stereocenters. The molecule has 0 bridgehead atoms. The second-order valence-corrected chi connectivity index (χ2v) is 2.94. The number of hydrogen-bond acceptors (Lipinski definition) is 4. The summed E-state index contributed by atoms with van der Waals surface area (Å²) >= 11 is 0. The van der Waals surface area contributed by atoms with E-state index in [-0.39, 0.29) is 44.2 Å². The van der Waals surface area contributed by atoms with Crippen molar-refractivity contribution in [1.29, 1.82) is 0 Å². The fourth-order valence-corrected chi connectivity index (χ4v) is 1.01. The van der Waals surface area contributed by atoms with Gasteiger partial charge in [-0.15, -0.1) is 0 Å². The van der Waals surface area contributed by atoms with E-state index >= 15 is 0 Å². The minimum absolute atomic E-state index is 0. The van der Waals surface area contributed by atoms with Gasteiger partial charge < -0.3 is 9.90 Å². The van der Waals surface area contributed by atoms with E-state index in [1.807, 2.05) is 6.92 Å². The normalized spacial score (nSPS) is 8.93. The van der Waals surface area contributed by atoms with Crippen LogP contribution >= 0.6 is 0 Å². The Morgan fingerprint density at radius 2 is 1.73 bits per heavy atom. The van der Waals surface area contributed by atoms with Crippen molar-refractivity contribution in [1.82, 2.24) is 4.90 Å². The van der Waals surface area contributed by atoms with Crippen molar-refractivity contribution >= 4 is 17.8 Å². The zero-order chi connectivity index (χ0) is 11.1. The van der Waals surface area contributed by atoms with Crippen LogP contribution in [0.25, 0.3) is 0 Å². The van der Waals surface area contributed by atoms with Crippen LogP contribution < -0.4 is 24.0 Å². The molecular formula is C9H14LiNO4. The van der Waals surface area contributed by atoms with E-state index in [0.717, 1.165) is 4.90 Å². The molecule has 2 amide bonds. The van der Waals surface area contributed by atoms with Gasteiger partial charge in [0.1, 0.15) is 0 Å². The Labute approximate surface area is 101 Å². The second-order valence-electron chi connectivity index (χ2n) is 2.94. The van der Waals surface area contributed by atoms with Crippen LogP contribution in [-0.4, -0.2) is 29.2 Å². The summed E-state index contributed by atoms with van der Waals surface area (Å²) in [7, 11) is 0. The average molecular weight is 207 g/mol. The van der Waals surface area contributed by atoms with Gasteiger partial charge in [-0.2, -0.15) is 0 Å². The van der Waals surface area contributed by atoms with Crippen LogP contribution in [0.15, 0.2) is 0 Å². The van der Waals surface area contributed by atoms with Gasteiger partial charge in [-0.1, -0.05) is 6.92 Å². The first-order valence-electron chi connectivity index (χ1n) is 4.49. The molecule has 0 N–H and O–H groups in total. The predicted molar refractivity (Wildman–Crippen MR) is 46.9 cm³/mol.